The van der Waals surface area contributed by atoms with Gasteiger partial charge in [0.15, 0.2) is 22.7 Å². The molecule has 1 atom stereocenters. The number of thiocarbonyl (C=S) groups is 1. The summed E-state index contributed by atoms with van der Waals surface area (Å²) in [5.74, 6) is 1.27. The zero-order chi connectivity index (χ0) is 18.5. The van der Waals surface area contributed by atoms with Crippen LogP contribution in [0.25, 0.3) is 0 Å². The predicted molar refractivity (Wildman–Crippen MR) is 106 cm³/mol. The second-order valence-electron chi connectivity index (χ2n) is 6.34. The second kappa shape index (κ2) is 8.36. The summed E-state index contributed by atoms with van der Waals surface area (Å²) < 4.78 is 25.6. The third kappa shape index (κ3) is 4.43. The van der Waals surface area contributed by atoms with Crippen molar-refractivity contribution < 1.29 is 13.9 Å². The third-order valence-corrected chi connectivity index (χ3v) is 4.56. The normalized spacial score (nSPS) is 15.4. The maximum Gasteiger partial charge on any atom is 0.173 e. The minimum Gasteiger partial charge on any atom is -0.486 e. The molecule has 1 aliphatic heterocycles. The van der Waals surface area contributed by atoms with Crippen LogP contribution >= 0.6 is 12.2 Å². The molecule has 0 fully saturated rings. The Morgan fingerprint density at radius 2 is 2.04 bits per heavy atom. The van der Waals surface area contributed by atoms with Gasteiger partial charge in [0.05, 0.1) is 6.54 Å². The highest BCUT2D eigenvalue weighted by atomic mass is 32.1. The van der Waals surface area contributed by atoms with E-state index in [1.54, 1.807) is 13.0 Å². The lowest BCUT2D eigenvalue weighted by atomic mass is 10.2. The summed E-state index contributed by atoms with van der Waals surface area (Å²) >= 11 is 5.54. The molecule has 0 bridgehead atoms. The average molecular weight is 374 g/mol. The highest BCUT2D eigenvalue weighted by molar-refractivity contribution is 7.80. The van der Waals surface area contributed by atoms with Crippen molar-refractivity contribution in [2.24, 2.45) is 0 Å². The Labute approximate surface area is 158 Å². The van der Waals surface area contributed by atoms with E-state index in [0.29, 0.717) is 29.5 Å². The standard InChI is InChI=1S/C20H23FN2O2S/c1-3-10-23(20(26)22-15-9-8-14(2)17(21)11-15)12-16-13-24-18-6-4-5-7-19(18)25-16/h4-9,11,16H,3,10,12-13H2,1-2H3,(H,22,26)/t16-/m1/s1. The monoisotopic (exact) mass is 374 g/mol. The van der Waals surface area contributed by atoms with Crippen molar-refractivity contribution in [3.8, 4) is 11.5 Å². The minimum absolute atomic E-state index is 0.119. The van der Waals surface area contributed by atoms with Gasteiger partial charge in [-0.25, -0.2) is 4.39 Å². The molecule has 26 heavy (non-hydrogen) atoms. The van der Waals surface area contributed by atoms with Gasteiger partial charge in [0.1, 0.15) is 12.4 Å². The number of fused-ring (bicyclic) bond motifs is 1. The van der Waals surface area contributed by atoms with Crippen LogP contribution in [0, 0.1) is 12.7 Å². The van der Waals surface area contributed by atoms with Crippen molar-refractivity contribution >= 4 is 23.0 Å². The van der Waals surface area contributed by atoms with E-state index in [2.05, 4.69) is 12.2 Å². The number of aryl methyl sites for hydroxylation is 1. The van der Waals surface area contributed by atoms with E-state index in [1.165, 1.54) is 6.07 Å². The lowest BCUT2D eigenvalue weighted by Crippen LogP contribution is -2.45. The highest BCUT2D eigenvalue weighted by Gasteiger charge is 2.24. The van der Waals surface area contributed by atoms with Crippen molar-refractivity contribution in [3.63, 3.8) is 0 Å². The molecule has 0 amide bonds. The van der Waals surface area contributed by atoms with Gasteiger partial charge in [0, 0.05) is 12.2 Å². The summed E-state index contributed by atoms with van der Waals surface area (Å²) in [6, 6.07) is 12.7. The summed E-state index contributed by atoms with van der Waals surface area (Å²) in [7, 11) is 0. The van der Waals surface area contributed by atoms with Gasteiger partial charge in [-0.2, -0.15) is 0 Å². The Morgan fingerprint density at radius 3 is 2.77 bits per heavy atom. The SMILES string of the molecule is CCCN(C[C@@H]1COc2ccccc2O1)C(=S)Nc1ccc(C)c(F)c1. The average Bonchev–Trinajstić information content (AvgIpc) is 2.64. The molecular formula is C20H23FN2O2S. The van der Waals surface area contributed by atoms with Crippen LogP contribution in [0.2, 0.25) is 0 Å². The van der Waals surface area contributed by atoms with Crippen LogP contribution < -0.4 is 14.8 Å². The van der Waals surface area contributed by atoms with Gasteiger partial charge in [0.2, 0.25) is 0 Å². The van der Waals surface area contributed by atoms with Gasteiger partial charge >= 0.3 is 0 Å². The quantitative estimate of drug-likeness (QED) is 0.786. The molecule has 0 spiro atoms. The number of anilines is 1. The molecule has 1 aliphatic rings. The molecule has 0 aliphatic carbocycles. The molecule has 0 unspecified atom stereocenters. The largest absolute Gasteiger partial charge is 0.486 e. The van der Waals surface area contributed by atoms with Gasteiger partial charge in [-0.05, 0) is 55.4 Å². The number of rotatable bonds is 5. The molecule has 2 aromatic rings. The molecule has 0 saturated heterocycles. The molecule has 1 N–H and O–H groups in total. The summed E-state index contributed by atoms with van der Waals surface area (Å²) in [5, 5.41) is 3.68. The van der Waals surface area contributed by atoms with E-state index in [4.69, 9.17) is 21.7 Å². The van der Waals surface area contributed by atoms with E-state index >= 15 is 0 Å². The number of para-hydroxylation sites is 2. The maximum atomic E-state index is 13.8. The van der Waals surface area contributed by atoms with Crippen LogP contribution in [0.1, 0.15) is 18.9 Å². The van der Waals surface area contributed by atoms with Gasteiger partial charge < -0.3 is 19.7 Å². The van der Waals surface area contributed by atoms with E-state index in [0.717, 1.165) is 24.5 Å². The number of halogens is 1. The van der Waals surface area contributed by atoms with Crippen LogP contribution in [-0.4, -0.2) is 35.8 Å². The van der Waals surface area contributed by atoms with Crippen LogP contribution in [0.3, 0.4) is 0 Å². The van der Waals surface area contributed by atoms with Crippen molar-refractivity contribution in [2.75, 3.05) is 25.0 Å². The molecule has 2 aromatic carbocycles. The minimum atomic E-state index is -0.250. The van der Waals surface area contributed by atoms with Crippen molar-refractivity contribution in [2.45, 2.75) is 26.4 Å². The number of ether oxygens (including phenoxy) is 2. The second-order valence-corrected chi connectivity index (χ2v) is 6.72. The predicted octanol–water partition coefficient (Wildman–Crippen LogP) is 4.38. The lowest BCUT2D eigenvalue weighted by Gasteiger charge is -2.32. The fourth-order valence-corrected chi connectivity index (χ4v) is 3.10. The van der Waals surface area contributed by atoms with E-state index < -0.39 is 0 Å². The van der Waals surface area contributed by atoms with Crippen molar-refractivity contribution in [1.82, 2.24) is 4.90 Å². The number of hydrogen-bond donors (Lipinski definition) is 1. The molecular weight excluding hydrogens is 351 g/mol. The smallest absolute Gasteiger partial charge is 0.173 e. The first-order valence-electron chi connectivity index (χ1n) is 8.77. The molecule has 0 saturated carbocycles. The molecule has 0 radical (unpaired) electrons. The molecule has 3 rings (SSSR count). The van der Waals surface area contributed by atoms with Gasteiger partial charge in [-0.1, -0.05) is 25.1 Å². The van der Waals surface area contributed by atoms with Gasteiger partial charge in [-0.3, -0.25) is 0 Å². The third-order valence-electron chi connectivity index (χ3n) is 4.20. The Bertz CT molecular complexity index is 784. The van der Waals surface area contributed by atoms with Crippen LogP contribution in [0.15, 0.2) is 42.5 Å². The van der Waals surface area contributed by atoms with Crippen molar-refractivity contribution in [3.05, 3.63) is 53.8 Å². The Hall–Kier alpha value is -2.34. The summed E-state index contributed by atoms with van der Waals surface area (Å²) in [6.45, 7) is 5.68. The zero-order valence-corrected chi connectivity index (χ0v) is 15.8. The lowest BCUT2D eigenvalue weighted by molar-refractivity contribution is 0.0746. The molecule has 0 aromatic heterocycles. The topological polar surface area (TPSA) is 33.7 Å². The summed E-state index contributed by atoms with van der Waals surface area (Å²) in [4.78, 5) is 2.04. The van der Waals surface area contributed by atoms with Gasteiger partial charge in [0.25, 0.3) is 0 Å². The van der Waals surface area contributed by atoms with E-state index in [9.17, 15) is 4.39 Å². The fourth-order valence-electron chi connectivity index (χ4n) is 2.82. The van der Waals surface area contributed by atoms with Crippen LogP contribution in [0.4, 0.5) is 10.1 Å². The Balaban J connectivity index is 1.65. The Morgan fingerprint density at radius 1 is 1.27 bits per heavy atom. The number of benzene rings is 2. The number of hydrogen-bond acceptors (Lipinski definition) is 3. The van der Waals surface area contributed by atoms with Crippen LogP contribution in [-0.2, 0) is 0 Å². The first-order chi connectivity index (χ1) is 12.6. The number of nitrogens with one attached hydrogen (secondary N) is 1. The molecule has 138 valence electrons. The molecule has 1 heterocycles. The van der Waals surface area contributed by atoms with Gasteiger partial charge in [-0.15, -0.1) is 0 Å². The highest BCUT2D eigenvalue weighted by Crippen LogP contribution is 2.31. The van der Waals surface area contributed by atoms with E-state index in [1.807, 2.05) is 35.2 Å². The first-order valence-corrected chi connectivity index (χ1v) is 9.18. The first kappa shape index (κ1) is 18.5. The zero-order valence-electron chi connectivity index (χ0n) is 15.0. The summed E-state index contributed by atoms with van der Waals surface area (Å²) in [6.07, 6.45) is 0.819. The fraction of sp³-hybridized carbons (Fsp3) is 0.350. The van der Waals surface area contributed by atoms with Crippen molar-refractivity contribution in [1.29, 1.82) is 0 Å². The van der Waals surface area contributed by atoms with E-state index in [-0.39, 0.29) is 11.9 Å². The summed E-state index contributed by atoms with van der Waals surface area (Å²) in [5.41, 5.74) is 1.25. The Kier molecular flexibility index (Phi) is 5.93. The maximum absolute atomic E-state index is 13.8. The molecule has 4 nitrogen and oxygen atoms in total. The number of nitrogens with zero attached hydrogens (tertiary/aromatic N) is 1. The molecule has 6 heteroatoms. The van der Waals surface area contributed by atoms with Crippen LogP contribution in [0.5, 0.6) is 11.5 Å².